The fraction of sp³-hybridized carbons (Fsp3) is 0.240. The average molecular weight is 421 g/mol. The number of carbonyl (C=O) groups is 1. The minimum absolute atomic E-state index is 0.193. The molecule has 0 atom stereocenters. The number of rotatable bonds is 10. The summed E-state index contributed by atoms with van der Waals surface area (Å²) in [5.74, 6) is 0.936. The van der Waals surface area contributed by atoms with Crippen molar-refractivity contribution in [1.82, 2.24) is 0 Å². The summed E-state index contributed by atoms with van der Waals surface area (Å²) >= 11 is 0. The lowest BCUT2D eigenvalue weighted by Gasteiger charge is -2.15. The first-order chi connectivity index (χ1) is 15.0. The van der Waals surface area contributed by atoms with E-state index in [2.05, 4.69) is 24.4 Å². The largest absolute Gasteiger partial charge is 0.495 e. The van der Waals surface area contributed by atoms with Crippen molar-refractivity contribution in [3.05, 3.63) is 82.9 Å². The first-order valence-electron chi connectivity index (χ1n) is 10.1. The molecule has 0 unspecified atom stereocenters. The summed E-state index contributed by atoms with van der Waals surface area (Å²) in [4.78, 5) is 11.3. The van der Waals surface area contributed by atoms with Gasteiger partial charge in [-0.3, -0.25) is 0 Å². The smallest absolute Gasteiger partial charge is 0.335 e. The second kappa shape index (κ2) is 10.4. The van der Waals surface area contributed by atoms with Gasteiger partial charge in [0.25, 0.3) is 0 Å². The summed E-state index contributed by atoms with van der Waals surface area (Å²) in [6.07, 6.45) is 0. The topological polar surface area (TPSA) is 77.0 Å². The fourth-order valence-corrected chi connectivity index (χ4v) is 3.19. The number of carboxylic acids is 1. The van der Waals surface area contributed by atoms with Crippen LogP contribution >= 0.6 is 0 Å². The van der Waals surface area contributed by atoms with Gasteiger partial charge in [-0.15, -0.1) is 0 Å². The van der Waals surface area contributed by atoms with Crippen molar-refractivity contribution in [1.29, 1.82) is 0 Å². The van der Waals surface area contributed by atoms with E-state index in [0.717, 1.165) is 11.1 Å². The predicted molar refractivity (Wildman–Crippen MR) is 120 cm³/mol. The van der Waals surface area contributed by atoms with Crippen LogP contribution in [0, 0.1) is 6.92 Å². The summed E-state index contributed by atoms with van der Waals surface area (Å²) in [5, 5.41) is 12.5. The summed E-state index contributed by atoms with van der Waals surface area (Å²) < 4.78 is 17.1. The molecule has 0 bridgehead atoms. The van der Waals surface area contributed by atoms with Gasteiger partial charge in [-0.2, -0.15) is 0 Å². The third kappa shape index (κ3) is 5.92. The summed E-state index contributed by atoms with van der Waals surface area (Å²) in [6, 6.07) is 18.7. The van der Waals surface area contributed by atoms with Crippen LogP contribution in [-0.4, -0.2) is 24.8 Å². The Kier molecular flexibility index (Phi) is 7.38. The van der Waals surface area contributed by atoms with Gasteiger partial charge < -0.3 is 24.6 Å². The van der Waals surface area contributed by atoms with Gasteiger partial charge in [0.15, 0.2) is 11.5 Å². The quantitative estimate of drug-likeness (QED) is 0.463. The Hall–Kier alpha value is -3.67. The second-order valence-electron chi connectivity index (χ2n) is 7.07. The van der Waals surface area contributed by atoms with Crippen LogP contribution in [0.15, 0.2) is 60.7 Å². The Bertz CT molecular complexity index is 1050. The highest BCUT2D eigenvalue weighted by atomic mass is 16.5. The Morgan fingerprint density at radius 1 is 0.935 bits per heavy atom. The standard InChI is InChI=1S/C25H27NO5/c1-4-30-24-13-18(8-10-23(24)31-16-19-7-5-6-17(2)12-19)15-26-21-14-20(25(27)28)9-11-22(21)29-3/h5-14,26H,4,15-16H2,1-3H3,(H,27,28). The van der Waals surface area contributed by atoms with E-state index in [9.17, 15) is 9.90 Å². The molecule has 162 valence electrons. The third-order valence-corrected chi connectivity index (χ3v) is 4.71. The summed E-state index contributed by atoms with van der Waals surface area (Å²) in [7, 11) is 1.55. The van der Waals surface area contributed by atoms with Crippen LogP contribution in [0.4, 0.5) is 5.69 Å². The van der Waals surface area contributed by atoms with E-state index in [1.165, 1.54) is 11.6 Å². The molecule has 2 N–H and O–H groups in total. The monoisotopic (exact) mass is 421 g/mol. The lowest BCUT2D eigenvalue weighted by Crippen LogP contribution is -2.05. The molecule has 6 nitrogen and oxygen atoms in total. The van der Waals surface area contributed by atoms with Gasteiger partial charge in [-0.25, -0.2) is 4.79 Å². The molecule has 3 aromatic rings. The van der Waals surface area contributed by atoms with Crippen molar-refractivity contribution in [2.75, 3.05) is 19.0 Å². The molecule has 0 saturated heterocycles. The average Bonchev–Trinajstić information content (AvgIpc) is 2.77. The van der Waals surface area contributed by atoms with E-state index in [1.807, 2.05) is 37.3 Å². The number of ether oxygens (including phenoxy) is 3. The molecular formula is C25H27NO5. The molecule has 0 saturated carbocycles. The number of aryl methyl sites for hydroxylation is 1. The summed E-state index contributed by atoms with van der Waals surface area (Å²) in [5.41, 5.74) is 4.06. The zero-order chi connectivity index (χ0) is 22.2. The van der Waals surface area contributed by atoms with Gasteiger partial charge in [0.05, 0.1) is 25.0 Å². The molecular weight excluding hydrogens is 394 g/mol. The van der Waals surface area contributed by atoms with Crippen LogP contribution in [0.5, 0.6) is 17.2 Å². The highest BCUT2D eigenvalue weighted by molar-refractivity contribution is 5.89. The van der Waals surface area contributed by atoms with Crippen molar-refractivity contribution in [3.63, 3.8) is 0 Å². The summed E-state index contributed by atoms with van der Waals surface area (Å²) in [6.45, 7) is 5.43. The maximum absolute atomic E-state index is 11.3. The Morgan fingerprint density at radius 2 is 1.74 bits per heavy atom. The van der Waals surface area contributed by atoms with Gasteiger partial charge in [0.2, 0.25) is 0 Å². The molecule has 31 heavy (non-hydrogen) atoms. The van der Waals surface area contributed by atoms with Crippen LogP contribution in [0.2, 0.25) is 0 Å². The highest BCUT2D eigenvalue weighted by Crippen LogP contribution is 2.31. The minimum Gasteiger partial charge on any atom is -0.495 e. The van der Waals surface area contributed by atoms with Gasteiger partial charge in [0, 0.05) is 6.54 Å². The maximum Gasteiger partial charge on any atom is 0.335 e. The lowest BCUT2D eigenvalue weighted by atomic mass is 10.1. The van der Waals surface area contributed by atoms with Crippen molar-refractivity contribution >= 4 is 11.7 Å². The first kappa shape index (κ1) is 22.0. The molecule has 3 aromatic carbocycles. The number of carboxylic acid groups (broad SMARTS) is 1. The van der Waals surface area contributed by atoms with E-state index in [1.54, 1.807) is 19.2 Å². The Balaban J connectivity index is 1.73. The molecule has 0 amide bonds. The van der Waals surface area contributed by atoms with Crippen LogP contribution < -0.4 is 19.5 Å². The van der Waals surface area contributed by atoms with Crippen molar-refractivity contribution < 1.29 is 24.1 Å². The Morgan fingerprint density at radius 3 is 2.45 bits per heavy atom. The number of aromatic carboxylic acids is 1. The Labute approximate surface area is 182 Å². The molecule has 0 radical (unpaired) electrons. The minimum atomic E-state index is -0.987. The molecule has 0 spiro atoms. The van der Waals surface area contributed by atoms with Gasteiger partial charge in [-0.05, 0) is 55.3 Å². The zero-order valence-corrected chi connectivity index (χ0v) is 18.0. The number of hydrogen-bond donors (Lipinski definition) is 2. The number of nitrogens with one attached hydrogen (secondary N) is 1. The van der Waals surface area contributed by atoms with Crippen LogP contribution in [0.25, 0.3) is 0 Å². The molecule has 0 aliphatic heterocycles. The van der Waals surface area contributed by atoms with Crippen LogP contribution in [0.3, 0.4) is 0 Å². The maximum atomic E-state index is 11.3. The van der Waals surface area contributed by atoms with Crippen molar-refractivity contribution in [2.24, 2.45) is 0 Å². The van der Waals surface area contributed by atoms with Gasteiger partial charge >= 0.3 is 5.97 Å². The molecule has 0 heterocycles. The van der Waals surface area contributed by atoms with Crippen LogP contribution in [0.1, 0.15) is 34.0 Å². The zero-order valence-electron chi connectivity index (χ0n) is 18.0. The van der Waals surface area contributed by atoms with Gasteiger partial charge in [-0.1, -0.05) is 35.9 Å². The van der Waals surface area contributed by atoms with E-state index in [0.29, 0.717) is 42.7 Å². The van der Waals surface area contributed by atoms with Crippen LogP contribution in [-0.2, 0) is 13.2 Å². The normalized spacial score (nSPS) is 10.4. The van der Waals surface area contributed by atoms with Crippen molar-refractivity contribution in [2.45, 2.75) is 27.0 Å². The lowest BCUT2D eigenvalue weighted by molar-refractivity contribution is 0.0697. The number of hydrogen-bond acceptors (Lipinski definition) is 5. The molecule has 0 fully saturated rings. The van der Waals surface area contributed by atoms with E-state index >= 15 is 0 Å². The number of benzene rings is 3. The molecule has 6 heteroatoms. The fourth-order valence-electron chi connectivity index (χ4n) is 3.19. The number of anilines is 1. The van der Waals surface area contributed by atoms with E-state index in [-0.39, 0.29) is 5.56 Å². The van der Waals surface area contributed by atoms with Crippen molar-refractivity contribution in [3.8, 4) is 17.2 Å². The predicted octanol–water partition coefficient (Wildman–Crippen LogP) is 5.29. The third-order valence-electron chi connectivity index (χ3n) is 4.71. The van der Waals surface area contributed by atoms with E-state index < -0.39 is 5.97 Å². The second-order valence-corrected chi connectivity index (χ2v) is 7.07. The molecule has 0 aromatic heterocycles. The molecule has 0 aliphatic carbocycles. The first-order valence-corrected chi connectivity index (χ1v) is 10.1. The molecule has 3 rings (SSSR count). The number of methoxy groups -OCH3 is 1. The molecule has 0 aliphatic rings. The van der Waals surface area contributed by atoms with E-state index in [4.69, 9.17) is 14.2 Å². The highest BCUT2D eigenvalue weighted by Gasteiger charge is 2.11. The van der Waals surface area contributed by atoms with Gasteiger partial charge in [0.1, 0.15) is 12.4 Å². The SMILES string of the molecule is CCOc1cc(CNc2cc(C(=O)O)ccc2OC)ccc1OCc1cccc(C)c1.